The topological polar surface area (TPSA) is 12.0 Å². The molecule has 1 atom stereocenters. The number of allylic oxidation sites excluding steroid dienone is 2. The maximum Gasteiger partial charge on any atom is 0.0314 e. The molecular weight excluding hydrogens is 282 g/mol. The van der Waals surface area contributed by atoms with Gasteiger partial charge in [-0.2, -0.15) is 0 Å². The van der Waals surface area contributed by atoms with Crippen LogP contribution in [0.2, 0.25) is 0 Å². The van der Waals surface area contributed by atoms with Gasteiger partial charge < -0.3 is 5.32 Å². The molecule has 1 unspecified atom stereocenters. The Morgan fingerprint density at radius 1 is 1.50 bits per heavy atom. The molecule has 1 N–H and O–H groups in total. The fourth-order valence-electron chi connectivity index (χ4n) is 2.05. The van der Waals surface area contributed by atoms with Crippen LogP contribution in [-0.4, -0.2) is 6.54 Å². The highest BCUT2D eigenvalue weighted by molar-refractivity contribution is 9.10. The standard InChI is InChI=1S/C13H18BrNS/c1-10-13(14)7-12(16-10)9-15-8-11-5-3-2-4-6-11/h2-3,7,11,15H,4-6,8-9H2,1H3. The molecule has 1 aromatic rings. The number of halogens is 1. The molecule has 2 rings (SSSR count). The SMILES string of the molecule is Cc1sc(CNCC2CC=CCC2)cc1Br. The first-order chi connectivity index (χ1) is 7.75. The van der Waals surface area contributed by atoms with Crippen LogP contribution in [0.3, 0.4) is 0 Å². The summed E-state index contributed by atoms with van der Waals surface area (Å²) < 4.78 is 1.25. The molecule has 1 aromatic heterocycles. The summed E-state index contributed by atoms with van der Waals surface area (Å²) in [7, 11) is 0. The Morgan fingerprint density at radius 3 is 3.00 bits per heavy atom. The summed E-state index contributed by atoms with van der Waals surface area (Å²) in [6.07, 6.45) is 8.48. The second kappa shape index (κ2) is 5.99. The van der Waals surface area contributed by atoms with Crippen molar-refractivity contribution >= 4 is 27.3 Å². The van der Waals surface area contributed by atoms with Crippen LogP contribution in [-0.2, 0) is 6.54 Å². The maximum atomic E-state index is 3.57. The van der Waals surface area contributed by atoms with Gasteiger partial charge in [0.05, 0.1) is 0 Å². The van der Waals surface area contributed by atoms with Gasteiger partial charge in [-0.3, -0.25) is 0 Å². The molecule has 1 aliphatic carbocycles. The minimum atomic E-state index is 0.842. The van der Waals surface area contributed by atoms with Gasteiger partial charge in [0, 0.05) is 20.8 Å². The van der Waals surface area contributed by atoms with Gasteiger partial charge in [-0.25, -0.2) is 0 Å². The smallest absolute Gasteiger partial charge is 0.0314 e. The average molecular weight is 300 g/mol. The van der Waals surface area contributed by atoms with Crippen molar-refractivity contribution in [1.29, 1.82) is 0 Å². The van der Waals surface area contributed by atoms with Crippen molar-refractivity contribution in [1.82, 2.24) is 5.32 Å². The van der Waals surface area contributed by atoms with Gasteiger partial charge in [-0.15, -0.1) is 11.3 Å². The highest BCUT2D eigenvalue weighted by Crippen LogP contribution is 2.26. The Kier molecular flexibility index (Phi) is 4.62. The summed E-state index contributed by atoms with van der Waals surface area (Å²) in [6, 6.07) is 2.23. The van der Waals surface area contributed by atoms with Crippen molar-refractivity contribution in [3.63, 3.8) is 0 Å². The second-order valence-corrected chi connectivity index (χ2v) is 6.59. The van der Waals surface area contributed by atoms with E-state index in [0.29, 0.717) is 0 Å². The summed E-state index contributed by atoms with van der Waals surface area (Å²) in [5.41, 5.74) is 0. The summed E-state index contributed by atoms with van der Waals surface area (Å²) in [5.74, 6) is 0.842. The first-order valence-electron chi connectivity index (χ1n) is 5.86. The molecule has 3 heteroatoms. The van der Waals surface area contributed by atoms with E-state index in [1.807, 2.05) is 11.3 Å². The minimum absolute atomic E-state index is 0.842. The fourth-order valence-corrected chi connectivity index (χ4v) is 3.62. The molecular formula is C13H18BrNS. The second-order valence-electron chi connectivity index (χ2n) is 4.40. The predicted octanol–water partition coefficient (Wildman–Crippen LogP) is 4.26. The van der Waals surface area contributed by atoms with Crippen LogP contribution in [0.25, 0.3) is 0 Å². The van der Waals surface area contributed by atoms with Gasteiger partial charge in [-0.05, 0) is 60.6 Å². The number of hydrogen-bond acceptors (Lipinski definition) is 2. The molecule has 1 aliphatic rings. The Labute approximate surface area is 110 Å². The molecule has 0 radical (unpaired) electrons. The molecule has 0 aromatic carbocycles. The van der Waals surface area contributed by atoms with Crippen LogP contribution in [0.1, 0.15) is 29.0 Å². The van der Waals surface area contributed by atoms with E-state index < -0.39 is 0 Å². The van der Waals surface area contributed by atoms with Crippen molar-refractivity contribution in [3.05, 3.63) is 32.4 Å². The van der Waals surface area contributed by atoms with E-state index in [0.717, 1.165) is 19.0 Å². The Morgan fingerprint density at radius 2 is 2.38 bits per heavy atom. The first kappa shape index (κ1) is 12.3. The lowest BCUT2D eigenvalue weighted by Gasteiger charge is -2.17. The number of hydrogen-bond donors (Lipinski definition) is 1. The summed E-state index contributed by atoms with van der Waals surface area (Å²) in [4.78, 5) is 2.80. The Bertz CT molecular complexity index is 351. The van der Waals surface area contributed by atoms with E-state index in [2.05, 4.69) is 46.4 Å². The van der Waals surface area contributed by atoms with Gasteiger partial charge in [0.2, 0.25) is 0 Å². The van der Waals surface area contributed by atoms with Gasteiger partial charge >= 0.3 is 0 Å². The zero-order valence-corrected chi connectivity index (χ0v) is 12.0. The maximum absolute atomic E-state index is 3.57. The van der Waals surface area contributed by atoms with Crippen LogP contribution < -0.4 is 5.32 Å². The fraction of sp³-hybridized carbons (Fsp3) is 0.538. The van der Waals surface area contributed by atoms with E-state index in [1.54, 1.807) is 0 Å². The van der Waals surface area contributed by atoms with Crippen LogP contribution in [0.15, 0.2) is 22.7 Å². The number of nitrogens with one attached hydrogen (secondary N) is 1. The molecule has 0 amide bonds. The predicted molar refractivity (Wildman–Crippen MR) is 74.9 cm³/mol. The monoisotopic (exact) mass is 299 g/mol. The summed E-state index contributed by atoms with van der Waals surface area (Å²) >= 11 is 5.44. The van der Waals surface area contributed by atoms with Crippen molar-refractivity contribution in [2.75, 3.05) is 6.54 Å². The van der Waals surface area contributed by atoms with E-state index >= 15 is 0 Å². The normalized spacial score (nSPS) is 20.2. The van der Waals surface area contributed by atoms with Gasteiger partial charge in [0.25, 0.3) is 0 Å². The zero-order valence-electron chi connectivity index (χ0n) is 9.63. The summed E-state index contributed by atoms with van der Waals surface area (Å²) in [5, 5.41) is 3.57. The first-order valence-corrected chi connectivity index (χ1v) is 7.47. The van der Waals surface area contributed by atoms with E-state index in [-0.39, 0.29) is 0 Å². The molecule has 88 valence electrons. The van der Waals surface area contributed by atoms with Crippen LogP contribution in [0, 0.1) is 12.8 Å². The number of rotatable bonds is 4. The number of aryl methyl sites for hydroxylation is 1. The Hall–Kier alpha value is -0.120. The molecule has 1 nitrogen and oxygen atoms in total. The lowest BCUT2D eigenvalue weighted by Crippen LogP contribution is -2.22. The van der Waals surface area contributed by atoms with Crippen molar-refractivity contribution in [2.45, 2.75) is 32.7 Å². The lowest BCUT2D eigenvalue weighted by molar-refractivity contribution is 0.441. The highest BCUT2D eigenvalue weighted by Gasteiger charge is 2.09. The van der Waals surface area contributed by atoms with Gasteiger partial charge in [-0.1, -0.05) is 12.2 Å². The van der Waals surface area contributed by atoms with Crippen molar-refractivity contribution < 1.29 is 0 Å². The van der Waals surface area contributed by atoms with Gasteiger partial charge in [0.1, 0.15) is 0 Å². The average Bonchev–Trinajstić information content (AvgIpc) is 2.60. The van der Waals surface area contributed by atoms with Crippen molar-refractivity contribution in [2.24, 2.45) is 5.92 Å². The van der Waals surface area contributed by atoms with E-state index in [1.165, 1.54) is 33.5 Å². The molecule has 0 bridgehead atoms. The lowest BCUT2D eigenvalue weighted by atomic mass is 9.94. The Balaban J connectivity index is 1.73. The van der Waals surface area contributed by atoms with Crippen LogP contribution >= 0.6 is 27.3 Å². The zero-order chi connectivity index (χ0) is 11.4. The third-order valence-corrected chi connectivity index (χ3v) is 5.15. The van der Waals surface area contributed by atoms with Crippen molar-refractivity contribution in [3.8, 4) is 0 Å². The van der Waals surface area contributed by atoms with E-state index in [9.17, 15) is 0 Å². The third-order valence-electron chi connectivity index (χ3n) is 3.02. The quantitative estimate of drug-likeness (QED) is 0.819. The molecule has 0 fully saturated rings. The molecule has 0 spiro atoms. The van der Waals surface area contributed by atoms with Crippen LogP contribution in [0.4, 0.5) is 0 Å². The highest BCUT2D eigenvalue weighted by atomic mass is 79.9. The largest absolute Gasteiger partial charge is 0.312 e. The van der Waals surface area contributed by atoms with Gasteiger partial charge in [0.15, 0.2) is 0 Å². The van der Waals surface area contributed by atoms with Crippen LogP contribution in [0.5, 0.6) is 0 Å². The molecule has 0 saturated heterocycles. The molecule has 1 heterocycles. The third kappa shape index (κ3) is 3.44. The number of thiophene rings is 1. The molecule has 0 aliphatic heterocycles. The molecule has 16 heavy (non-hydrogen) atoms. The summed E-state index contributed by atoms with van der Waals surface area (Å²) in [6.45, 7) is 4.32. The van der Waals surface area contributed by atoms with E-state index in [4.69, 9.17) is 0 Å². The minimum Gasteiger partial charge on any atom is -0.312 e. The molecule has 0 saturated carbocycles.